The lowest BCUT2D eigenvalue weighted by Crippen LogP contribution is -2.44. The van der Waals surface area contributed by atoms with Gasteiger partial charge < -0.3 is 10.8 Å². The van der Waals surface area contributed by atoms with Crippen LogP contribution in [0.25, 0.3) is 0 Å². The van der Waals surface area contributed by atoms with Crippen molar-refractivity contribution in [3.8, 4) is 0 Å². The van der Waals surface area contributed by atoms with Crippen LogP contribution in [0.4, 0.5) is 5.69 Å². The minimum Gasteiger partial charge on any atom is -0.399 e. The molecule has 1 aromatic carbocycles. The van der Waals surface area contributed by atoms with Gasteiger partial charge in [0.15, 0.2) is 0 Å². The maximum Gasteiger partial charge on any atom is 0.241 e. The van der Waals surface area contributed by atoms with E-state index in [4.69, 9.17) is 10.8 Å². The van der Waals surface area contributed by atoms with Crippen molar-refractivity contribution < 1.29 is 13.5 Å². The van der Waals surface area contributed by atoms with E-state index in [-0.39, 0.29) is 23.0 Å². The summed E-state index contributed by atoms with van der Waals surface area (Å²) in [5.41, 5.74) is 6.43. The zero-order chi connectivity index (χ0) is 15.6. The summed E-state index contributed by atoms with van der Waals surface area (Å²) in [6.45, 7) is 7.46. The highest BCUT2D eigenvalue weighted by Crippen LogP contribution is 2.25. The van der Waals surface area contributed by atoms with Crippen LogP contribution in [0.5, 0.6) is 0 Å². The van der Waals surface area contributed by atoms with E-state index in [2.05, 4.69) is 4.72 Å². The summed E-state index contributed by atoms with van der Waals surface area (Å²) in [4.78, 5) is 0.185. The quantitative estimate of drug-likeness (QED) is 0.721. The first-order valence-corrected chi connectivity index (χ1v) is 8.05. The highest BCUT2D eigenvalue weighted by Gasteiger charge is 2.29. The van der Waals surface area contributed by atoms with E-state index >= 15 is 0 Å². The van der Waals surface area contributed by atoms with Gasteiger partial charge in [0.2, 0.25) is 10.0 Å². The lowest BCUT2D eigenvalue weighted by molar-refractivity contribution is 0.214. The van der Waals surface area contributed by atoms with Crippen molar-refractivity contribution in [3.05, 3.63) is 23.8 Å². The number of aliphatic hydroxyl groups is 1. The number of sulfonamides is 1. The third kappa shape index (κ3) is 4.19. The molecular formula is C14H24N2O3S. The zero-order valence-corrected chi connectivity index (χ0v) is 13.3. The molecule has 0 amide bonds. The van der Waals surface area contributed by atoms with Gasteiger partial charge in [-0.3, -0.25) is 0 Å². The van der Waals surface area contributed by atoms with Gasteiger partial charge in [-0.25, -0.2) is 13.1 Å². The van der Waals surface area contributed by atoms with Gasteiger partial charge in [-0.15, -0.1) is 0 Å². The van der Waals surface area contributed by atoms with Gasteiger partial charge in [-0.2, -0.15) is 0 Å². The first-order chi connectivity index (χ1) is 9.08. The summed E-state index contributed by atoms with van der Waals surface area (Å²) in [6, 6.07) is 4.46. The lowest BCUT2D eigenvalue weighted by atomic mass is 9.86. The van der Waals surface area contributed by atoms with Crippen molar-refractivity contribution in [2.45, 2.75) is 45.1 Å². The minimum atomic E-state index is -3.66. The van der Waals surface area contributed by atoms with Gasteiger partial charge in [0.25, 0.3) is 0 Å². The number of hydrogen-bond donors (Lipinski definition) is 3. The Kier molecular flexibility index (Phi) is 5.18. The summed E-state index contributed by atoms with van der Waals surface area (Å²) >= 11 is 0. The Hall–Kier alpha value is -1.11. The minimum absolute atomic E-state index is 0.0691. The average molecular weight is 300 g/mol. The van der Waals surface area contributed by atoms with Crippen LogP contribution in [-0.2, 0) is 10.0 Å². The van der Waals surface area contributed by atoms with Crippen molar-refractivity contribution in [1.29, 1.82) is 0 Å². The summed E-state index contributed by atoms with van der Waals surface area (Å²) in [5.74, 6) is 0. The topological polar surface area (TPSA) is 92.4 Å². The Morgan fingerprint density at radius 1 is 1.35 bits per heavy atom. The van der Waals surface area contributed by atoms with Crippen LogP contribution in [0.2, 0.25) is 0 Å². The van der Waals surface area contributed by atoms with E-state index in [1.807, 2.05) is 20.8 Å². The fourth-order valence-electron chi connectivity index (χ4n) is 1.95. The Bertz CT molecular complexity index is 562. The third-order valence-corrected chi connectivity index (χ3v) is 4.88. The number of rotatable bonds is 5. The van der Waals surface area contributed by atoms with E-state index in [9.17, 15) is 8.42 Å². The molecule has 114 valence electrons. The molecule has 0 aromatic heterocycles. The molecule has 1 unspecified atom stereocenters. The smallest absolute Gasteiger partial charge is 0.241 e. The number of benzene rings is 1. The molecular weight excluding hydrogens is 276 g/mol. The molecule has 0 fully saturated rings. The lowest BCUT2D eigenvalue weighted by Gasteiger charge is -2.31. The molecule has 5 nitrogen and oxygen atoms in total. The van der Waals surface area contributed by atoms with Crippen LogP contribution in [0.15, 0.2) is 23.1 Å². The molecule has 0 saturated heterocycles. The van der Waals surface area contributed by atoms with Crippen molar-refractivity contribution >= 4 is 15.7 Å². The van der Waals surface area contributed by atoms with Gasteiger partial charge in [0.05, 0.1) is 4.90 Å². The van der Waals surface area contributed by atoms with E-state index in [1.165, 1.54) is 6.07 Å². The van der Waals surface area contributed by atoms with Gasteiger partial charge in [0.1, 0.15) is 0 Å². The number of aryl methyl sites for hydroxylation is 1. The third-order valence-electron chi connectivity index (χ3n) is 3.26. The van der Waals surface area contributed by atoms with Crippen molar-refractivity contribution in [3.63, 3.8) is 0 Å². The Balaban J connectivity index is 3.13. The SMILES string of the molecule is Cc1ccc(N)cc1S(=O)(=O)NC(CCO)C(C)(C)C. The molecule has 0 radical (unpaired) electrons. The Morgan fingerprint density at radius 2 is 1.95 bits per heavy atom. The summed E-state index contributed by atoms with van der Waals surface area (Å²) < 4.78 is 27.7. The summed E-state index contributed by atoms with van der Waals surface area (Å²) in [6.07, 6.45) is 0.365. The molecule has 0 aliphatic rings. The maximum atomic E-state index is 12.5. The van der Waals surface area contributed by atoms with Gasteiger partial charge in [-0.05, 0) is 36.5 Å². The van der Waals surface area contributed by atoms with Crippen molar-refractivity contribution in [1.82, 2.24) is 4.72 Å². The monoisotopic (exact) mass is 300 g/mol. The van der Waals surface area contributed by atoms with E-state index in [0.29, 0.717) is 17.7 Å². The van der Waals surface area contributed by atoms with Crippen molar-refractivity contribution in [2.24, 2.45) is 5.41 Å². The highest BCUT2D eigenvalue weighted by atomic mass is 32.2. The molecule has 1 atom stereocenters. The normalized spacial score (nSPS) is 14.2. The molecule has 1 aromatic rings. The second-order valence-corrected chi connectivity index (χ2v) is 7.76. The molecule has 0 spiro atoms. The fraction of sp³-hybridized carbons (Fsp3) is 0.571. The van der Waals surface area contributed by atoms with Gasteiger partial charge >= 0.3 is 0 Å². The molecule has 0 aliphatic carbocycles. The molecule has 0 bridgehead atoms. The largest absolute Gasteiger partial charge is 0.399 e. The summed E-state index contributed by atoms with van der Waals surface area (Å²) in [5, 5.41) is 9.11. The van der Waals surface area contributed by atoms with Crippen molar-refractivity contribution in [2.75, 3.05) is 12.3 Å². The van der Waals surface area contributed by atoms with Gasteiger partial charge in [-0.1, -0.05) is 26.8 Å². The van der Waals surface area contributed by atoms with E-state index in [1.54, 1.807) is 19.1 Å². The Morgan fingerprint density at radius 3 is 2.45 bits per heavy atom. The first-order valence-electron chi connectivity index (χ1n) is 6.57. The Labute approximate surface area is 121 Å². The predicted octanol–water partition coefficient (Wildman–Crippen LogP) is 1.65. The average Bonchev–Trinajstić information content (AvgIpc) is 2.30. The highest BCUT2D eigenvalue weighted by molar-refractivity contribution is 7.89. The van der Waals surface area contributed by atoms with Crippen LogP contribution in [0, 0.1) is 12.3 Å². The number of anilines is 1. The predicted molar refractivity (Wildman–Crippen MR) is 80.9 cm³/mol. The number of hydrogen-bond acceptors (Lipinski definition) is 4. The van der Waals surface area contributed by atoms with Crippen LogP contribution in [0.1, 0.15) is 32.8 Å². The molecule has 0 saturated carbocycles. The zero-order valence-electron chi connectivity index (χ0n) is 12.5. The van der Waals surface area contributed by atoms with E-state index in [0.717, 1.165) is 0 Å². The number of aliphatic hydroxyl groups excluding tert-OH is 1. The van der Waals surface area contributed by atoms with E-state index < -0.39 is 10.0 Å². The number of nitrogen functional groups attached to an aromatic ring is 1. The second-order valence-electron chi connectivity index (χ2n) is 6.08. The summed E-state index contributed by atoms with van der Waals surface area (Å²) in [7, 11) is -3.66. The molecule has 20 heavy (non-hydrogen) atoms. The first kappa shape index (κ1) is 16.9. The molecule has 1 rings (SSSR count). The standard InChI is InChI=1S/C14H24N2O3S/c1-10-5-6-11(15)9-12(10)20(18,19)16-13(7-8-17)14(2,3)4/h5-6,9,13,16-17H,7-8,15H2,1-4H3. The fourth-order valence-corrected chi connectivity index (χ4v) is 3.71. The van der Waals surface area contributed by atoms with Crippen LogP contribution in [0.3, 0.4) is 0 Å². The maximum absolute atomic E-state index is 12.5. The number of nitrogens with one attached hydrogen (secondary N) is 1. The molecule has 0 aliphatic heterocycles. The van der Waals surface area contributed by atoms with Crippen LogP contribution in [-0.4, -0.2) is 26.2 Å². The molecule has 6 heteroatoms. The number of nitrogens with two attached hydrogens (primary N) is 1. The van der Waals surface area contributed by atoms with Crippen LogP contribution >= 0.6 is 0 Å². The van der Waals surface area contributed by atoms with Crippen LogP contribution < -0.4 is 10.5 Å². The molecule has 4 N–H and O–H groups in total. The second kappa shape index (κ2) is 6.11. The van der Waals surface area contributed by atoms with Gasteiger partial charge in [0, 0.05) is 18.3 Å². The molecule has 0 heterocycles.